The highest BCUT2D eigenvalue weighted by atomic mass is 32.1. The van der Waals surface area contributed by atoms with Crippen LogP contribution in [0, 0.1) is 11.3 Å². The number of amides is 2. The van der Waals surface area contributed by atoms with Crippen molar-refractivity contribution >= 4 is 23.2 Å². The molecule has 0 aromatic carbocycles. The lowest BCUT2D eigenvalue weighted by atomic mass is 9.97. The van der Waals surface area contributed by atoms with Crippen molar-refractivity contribution in [2.45, 2.75) is 25.3 Å². The van der Waals surface area contributed by atoms with Gasteiger partial charge in [-0.15, -0.1) is 11.3 Å². The summed E-state index contributed by atoms with van der Waals surface area (Å²) in [7, 11) is 0. The molecule has 3 rings (SSSR count). The van der Waals surface area contributed by atoms with Crippen molar-refractivity contribution in [3.63, 3.8) is 0 Å². The highest BCUT2D eigenvalue weighted by Gasteiger charge is 2.36. The Kier molecular flexibility index (Phi) is 4.58. The number of pyridine rings is 1. The molecular formula is C17H16N4O2S. The Bertz CT molecular complexity index is 810. The molecule has 7 heteroatoms. The molecule has 0 aliphatic carbocycles. The molecule has 0 saturated heterocycles. The van der Waals surface area contributed by atoms with Gasteiger partial charge in [0.15, 0.2) is 0 Å². The minimum absolute atomic E-state index is 0.111. The average Bonchev–Trinajstić information content (AvgIpc) is 3.02. The van der Waals surface area contributed by atoms with Crippen LogP contribution in [-0.2, 0) is 22.4 Å². The third-order valence-electron chi connectivity index (χ3n) is 4.15. The second-order valence-corrected chi connectivity index (χ2v) is 6.52. The maximum Gasteiger partial charge on any atom is 0.245 e. The summed E-state index contributed by atoms with van der Waals surface area (Å²) in [6, 6.07) is 5.10. The Labute approximate surface area is 143 Å². The quantitative estimate of drug-likeness (QED) is 0.912. The van der Waals surface area contributed by atoms with E-state index in [2.05, 4.69) is 11.1 Å². The number of thiophene rings is 1. The van der Waals surface area contributed by atoms with Crippen LogP contribution in [0.15, 0.2) is 29.9 Å². The largest absolute Gasteiger partial charge is 0.368 e. The second kappa shape index (κ2) is 6.81. The zero-order valence-electron chi connectivity index (χ0n) is 12.9. The van der Waals surface area contributed by atoms with Crippen molar-refractivity contribution in [2.24, 2.45) is 5.73 Å². The van der Waals surface area contributed by atoms with E-state index in [4.69, 9.17) is 11.0 Å². The number of carbonyl (C=O) groups is 2. The van der Waals surface area contributed by atoms with Crippen molar-refractivity contribution in [1.82, 2.24) is 9.88 Å². The third-order valence-corrected chi connectivity index (χ3v) is 5.23. The normalized spacial score (nSPS) is 16.3. The number of nitrogens with zero attached hydrogens (tertiary/aromatic N) is 3. The van der Waals surface area contributed by atoms with Crippen molar-refractivity contribution in [1.29, 1.82) is 5.26 Å². The molecular weight excluding hydrogens is 324 g/mol. The second-order valence-electron chi connectivity index (χ2n) is 5.61. The highest BCUT2D eigenvalue weighted by molar-refractivity contribution is 7.10. The standard InChI is InChI=1S/C17H16N4O2S/c18-8-12-10-24-16-13(12)5-7-21(15(16)17(19)23)14(22)4-3-11-2-1-6-20-9-11/h1-2,6,9-10,15H,3-5,7H2,(H2,19,23). The summed E-state index contributed by atoms with van der Waals surface area (Å²) < 4.78 is 0. The molecule has 1 atom stereocenters. The molecule has 2 aromatic heterocycles. The van der Waals surface area contributed by atoms with Crippen LogP contribution in [0.25, 0.3) is 0 Å². The summed E-state index contributed by atoms with van der Waals surface area (Å²) in [6.45, 7) is 0.401. The molecule has 0 fully saturated rings. The molecule has 2 amide bonds. The molecule has 1 aliphatic rings. The summed E-state index contributed by atoms with van der Waals surface area (Å²) in [4.78, 5) is 30.9. The van der Waals surface area contributed by atoms with Crippen LogP contribution in [-0.4, -0.2) is 28.2 Å². The van der Waals surface area contributed by atoms with Gasteiger partial charge in [0.2, 0.25) is 11.8 Å². The molecule has 24 heavy (non-hydrogen) atoms. The predicted molar refractivity (Wildman–Crippen MR) is 88.9 cm³/mol. The van der Waals surface area contributed by atoms with Gasteiger partial charge < -0.3 is 10.6 Å². The lowest BCUT2D eigenvalue weighted by molar-refractivity contribution is -0.140. The number of rotatable bonds is 4. The minimum Gasteiger partial charge on any atom is -0.368 e. The first-order chi connectivity index (χ1) is 11.6. The maximum atomic E-state index is 12.6. The SMILES string of the molecule is N#Cc1csc2c1CCN(C(=O)CCc1cccnc1)C2C(N)=O. The van der Waals surface area contributed by atoms with Gasteiger partial charge in [-0.25, -0.2) is 0 Å². The monoisotopic (exact) mass is 340 g/mol. The number of nitrogens with two attached hydrogens (primary N) is 1. The van der Waals surface area contributed by atoms with Crippen molar-refractivity contribution in [3.8, 4) is 6.07 Å². The van der Waals surface area contributed by atoms with Crippen LogP contribution in [0.5, 0.6) is 0 Å². The zero-order valence-corrected chi connectivity index (χ0v) is 13.8. The summed E-state index contributed by atoms with van der Waals surface area (Å²) in [6.07, 6.45) is 4.84. The van der Waals surface area contributed by atoms with E-state index in [-0.39, 0.29) is 5.91 Å². The van der Waals surface area contributed by atoms with Gasteiger partial charge in [0.25, 0.3) is 0 Å². The number of aromatic nitrogens is 1. The van der Waals surface area contributed by atoms with E-state index in [1.165, 1.54) is 11.3 Å². The van der Waals surface area contributed by atoms with Gasteiger partial charge in [0, 0.05) is 35.6 Å². The average molecular weight is 340 g/mol. The fraction of sp³-hybridized carbons (Fsp3) is 0.294. The van der Waals surface area contributed by atoms with Crippen molar-refractivity contribution < 1.29 is 9.59 Å². The highest BCUT2D eigenvalue weighted by Crippen LogP contribution is 2.36. The number of carbonyl (C=O) groups excluding carboxylic acids is 2. The molecule has 1 aliphatic heterocycles. The lowest BCUT2D eigenvalue weighted by Gasteiger charge is -2.34. The number of primary amides is 1. The van der Waals surface area contributed by atoms with Crippen LogP contribution in [0.1, 0.15) is 34.0 Å². The molecule has 0 spiro atoms. The molecule has 1 unspecified atom stereocenters. The molecule has 122 valence electrons. The number of hydrogen-bond acceptors (Lipinski definition) is 5. The van der Waals surface area contributed by atoms with Crippen LogP contribution in [0.4, 0.5) is 0 Å². The topological polar surface area (TPSA) is 100 Å². The van der Waals surface area contributed by atoms with Gasteiger partial charge in [-0.1, -0.05) is 6.07 Å². The van der Waals surface area contributed by atoms with Crippen LogP contribution < -0.4 is 5.73 Å². The molecule has 2 N–H and O–H groups in total. The van der Waals surface area contributed by atoms with E-state index < -0.39 is 11.9 Å². The van der Waals surface area contributed by atoms with Gasteiger partial charge in [0.1, 0.15) is 12.1 Å². The summed E-state index contributed by atoms with van der Waals surface area (Å²) in [5.41, 5.74) is 7.95. The Balaban J connectivity index is 1.78. The number of hydrogen-bond donors (Lipinski definition) is 1. The molecule has 6 nitrogen and oxygen atoms in total. The fourth-order valence-corrected chi connectivity index (χ4v) is 4.14. The third kappa shape index (κ3) is 3.01. The molecule has 0 radical (unpaired) electrons. The fourth-order valence-electron chi connectivity index (χ4n) is 2.97. The van der Waals surface area contributed by atoms with E-state index >= 15 is 0 Å². The molecule has 0 bridgehead atoms. The van der Waals surface area contributed by atoms with Gasteiger partial charge in [-0.05, 0) is 30.0 Å². The zero-order chi connectivity index (χ0) is 17.1. The summed E-state index contributed by atoms with van der Waals surface area (Å²) in [5, 5.41) is 10.9. The van der Waals surface area contributed by atoms with Crippen LogP contribution in [0.2, 0.25) is 0 Å². The summed E-state index contributed by atoms with van der Waals surface area (Å²) >= 11 is 1.32. The van der Waals surface area contributed by atoms with E-state index in [0.717, 1.165) is 16.0 Å². The Morgan fingerprint density at radius 1 is 1.50 bits per heavy atom. The first-order valence-electron chi connectivity index (χ1n) is 7.60. The van der Waals surface area contributed by atoms with Crippen molar-refractivity contribution in [2.75, 3.05) is 6.54 Å². The van der Waals surface area contributed by atoms with Gasteiger partial charge in [0.05, 0.1) is 5.56 Å². The Morgan fingerprint density at radius 2 is 2.33 bits per heavy atom. The Hall–Kier alpha value is -2.72. The van der Waals surface area contributed by atoms with E-state index in [1.54, 1.807) is 22.7 Å². The molecule has 3 heterocycles. The van der Waals surface area contributed by atoms with Crippen LogP contribution in [0.3, 0.4) is 0 Å². The van der Waals surface area contributed by atoms with Crippen molar-refractivity contribution in [3.05, 3.63) is 51.5 Å². The smallest absolute Gasteiger partial charge is 0.245 e. The first kappa shape index (κ1) is 16.1. The van der Waals surface area contributed by atoms with E-state index in [0.29, 0.717) is 31.4 Å². The van der Waals surface area contributed by atoms with E-state index in [9.17, 15) is 9.59 Å². The minimum atomic E-state index is -0.776. The van der Waals surface area contributed by atoms with Crippen LogP contribution >= 0.6 is 11.3 Å². The van der Waals surface area contributed by atoms with Gasteiger partial charge >= 0.3 is 0 Å². The summed E-state index contributed by atoms with van der Waals surface area (Å²) in [5.74, 6) is -0.669. The molecule has 0 saturated carbocycles. The number of aryl methyl sites for hydroxylation is 1. The maximum absolute atomic E-state index is 12.6. The first-order valence-corrected chi connectivity index (χ1v) is 8.48. The van der Waals surface area contributed by atoms with Gasteiger partial charge in [-0.2, -0.15) is 5.26 Å². The number of nitriles is 1. The predicted octanol–water partition coefficient (Wildman–Crippen LogP) is 1.56. The van der Waals surface area contributed by atoms with Gasteiger partial charge in [-0.3, -0.25) is 14.6 Å². The molecule has 2 aromatic rings. The Morgan fingerprint density at radius 3 is 3.00 bits per heavy atom. The number of fused-ring (bicyclic) bond motifs is 1. The lowest BCUT2D eigenvalue weighted by Crippen LogP contribution is -2.45. The van der Waals surface area contributed by atoms with E-state index in [1.807, 2.05) is 12.1 Å².